The van der Waals surface area contributed by atoms with Gasteiger partial charge in [0, 0.05) is 19.8 Å². The lowest BCUT2D eigenvalue weighted by molar-refractivity contribution is 0.282. The lowest BCUT2D eigenvalue weighted by Gasteiger charge is -2.27. The summed E-state index contributed by atoms with van der Waals surface area (Å²) in [7, 11) is 4.04. The molecule has 1 fully saturated rings. The van der Waals surface area contributed by atoms with Crippen molar-refractivity contribution in [3.05, 3.63) is 18.0 Å². The summed E-state index contributed by atoms with van der Waals surface area (Å²) >= 11 is 0. The Labute approximate surface area is 91.9 Å². The quantitative estimate of drug-likeness (QED) is 0.815. The smallest absolute Gasteiger partial charge is 0.0630 e. The summed E-state index contributed by atoms with van der Waals surface area (Å²) in [4.78, 5) is 0. The van der Waals surface area contributed by atoms with E-state index in [0.717, 1.165) is 13.0 Å². The number of nitrogens with one attached hydrogen (secondary N) is 1. The van der Waals surface area contributed by atoms with Crippen LogP contribution in [0, 0.1) is 5.41 Å². The fourth-order valence-electron chi connectivity index (χ4n) is 2.86. The average Bonchev–Trinajstić information content (AvgIpc) is 2.78. The van der Waals surface area contributed by atoms with E-state index in [4.69, 9.17) is 0 Å². The average molecular weight is 207 g/mol. The zero-order valence-corrected chi connectivity index (χ0v) is 9.79. The molecule has 0 aliphatic heterocycles. The second-order valence-electron chi connectivity index (χ2n) is 4.89. The van der Waals surface area contributed by atoms with Crippen molar-refractivity contribution in [2.75, 3.05) is 13.6 Å². The summed E-state index contributed by atoms with van der Waals surface area (Å²) in [5.41, 5.74) is 1.72. The van der Waals surface area contributed by atoms with E-state index in [2.05, 4.69) is 23.5 Å². The molecule has 1 aromatic heterocycles. The normalized spacial score (nSPS) is 19.6. The zero-order valence-electron chi connectivity index (χ0n) is 9.79. The first-order valence-corrected chi connectivity index (χ1v) is 5.87. The maximum Gasteiger partial charge on any atom is 0.0630 e. The third-order valence-electron chi connectivity index (χ3n) is 3.54. The molecule has 0 amide bonds. The van der Waals surface area contributed by atoms with Crippen LogP contribution in [-0.4, -0.2) is 23.4 Å². The molecule has 1 aliphatic rings. The van der Waals surface area contributed by atoms with E-state index >= 15 is 0 Å². The van der Waals surface area contributed by atoms with Crippen LogP contribution in [-0.2, 0) is 13.5 Å². The summed E-state index contributed by atoms with van der Waals surface area (Å²) in [5.74, 6) is 0. The molecule has 2 rings (SSSR count). The van der Waals surface area contributed by atoms with Gasteiger partial charge in [-0.15, -0.1) is 0 Å². The molecular formula is C12H21N3. The van der Waals surface area contributed by atoms with Crippen molar-refractivity contribution >= 4 is 0 Å². The molecule has 84 valence electrons. The van der Waals surface area contributed by atoms with Crippen LogP contribution in [0.2, 0.25) is 0 Å². The van der Waals surface area contributed by atoms with Crippen LogP contribution in [0.25, 0.3) is 0 Å². The van der Waals surface area contributed by atoms with Gasteiger partial charge in [0.1, 0.15) is 0 Å². The van der Waals surface area contributed by atoms with Crippen molar-refractivity contribution in [1.29, 1.82) is 0 Å². The van der Waals surface area contributed by atoms with Crippen molar-refractivity contribution in [2.45, 2.75) is 32.1 Å². The van der Waals surface area contributed by atoms with E-state index in [1.165, 1.54) is 31.4 Å². The van der Waals surface area contributed by atoms with Crippen molar-refractivity contribution in [1.82, 2.24) is 15.1 Å². The first-order valence-electron chi connectivity index (χ1n) is 5.87. The van der Waals surface area contributed by atoms with E-state index in [9.17, 15) is 0 Å². The molecule has 3 nitrogen and oxygen atoms in total. The zero-order chi connectivity index (χ0) is 10.7. The Kier molecular flexibility index (Phi) is 3.10. The van der Waals surface area contributed by atoms with E-state index in [-0.39, 0.29) is 0 Å². The molecule has 1 aromatic rings. The molecular weight excluding hydrogens is 186 g/mol. The highest BCUT2D eigenvalue weighted by atomic mass is 15.2. The fourth-order valence-corrected chi connectivity index (χ4v) is 2.86. The second-order valence-corrected chi connectivity index (χ2v) is 4.89. The Bertz CT molecular complexity index is 310. The molecule has 0 aromatic carbocycles. The Morgan fingerprint density at radius 1 is 1.47 bits per heavy atom. The maximum absolute atomic E-state index is 4.49. The van der Waals surface area contributed by atoms with E-state index in [1.54, 1.807) is 0 Å². The first kappa shape index (κ1) is 10.7. The van der Waals surface area contributed by atoms with Gasteiger partial charge in [-0.3, -0.25) is 4.68 Å². The van der Waals surface area contributed by atoms with Gasteiger partial charge >= 0.3 is 0 Å². The minimum absolute atomic E-state index is 0.475. The van der Waals surface area contributed by atoms with Crippen LogP contribution < -0.4 is 5.32 Å². The molecule has 1 N–H and O–H groups in total. The second kappa shape index (κ2) is 4.35. The Morgan fingerprint density at radius 2 is 2.20 bits per heavy atom. The van der Waals surface area contributed by atoms with Crippen molar-refractivity contribution in [3.8, 4) is 0 Å². The molecule has 0 spiro atoms. The van der Waals surface area contributed by atoms with E-state index in [1.807, 2.05) is 17.9 Å². The third kappa shape index (κ3) is 2.40. The highest BCUT2D eigenvalue weighted by molar-refractivity contribution is 5.05. The molecule has 0 atom stereocenters. The van der Waals surface area contributed by atoms with Crippen LogP contribution in [0.5, 0.6) is 0 Å². The monoisotopic (exact) mass is 207 g/mol. The first-order chi connectivity index (χ1) is 7.24. The number of hydrogen-bond acceptors (Lipinski definition) is 2. The minimum Gasteiger partial charge on any atom is -0.319 e. The molecule has 1 heterocycles. The van der Waals surface area contributed by atoms with Crippen molar-refractivity contribution in [3.63, 3.8) is 0 Å². The Morgan fingerprint density at radius 3 is 2.73 bits per heavy atom. The van der Waals surface area contributed by atoms with Crippen LogP contribution >= 0.6 is 0 Å². The van der Waals surface area contributed by atoms with Gasteiger partial charge in [0.25, 0.3) is 0 Å². The summed E-state index contributed by atoms with van der Waals surface area (Å²) in [6.07, 6.45) is 8.64. The van der Waals surface area contributed by atoms with Crippen molar-refractivity contribution in [2.24, 2.45) is 12.5 Å². The van der Waals surface area contributed by atoms with Gasteiger partial charge < -0.3 is 5.32 Å². The fraction of sp³-hybridized carbons (Fsp3) is 0.750. The molecule has 0 radical (unpaired) electrons. The van der Waals surface area contributed by atoms with Gasteiger partial charge in [0.05, 0.1) is 5.69 Å². The van der Waals surface area contributed by atoms with Gasteiger partial charge in [0.2, 0.25) is 0 Å². The molecule has 3 heteroatoms. The van der Waals surface area contributed by atoms with Crippen LogP contribution in [0.4, 0.5) is 0 Å². The highest BCUT2D eigenvalue weighted by Crippen LogP contribution is 2.40. The lowest BCUT2D eigenvalue weighted by atomic mass is 9.81. The molecule has 1 aliphatic carbocycles. The topological polar surface area (TPSA) is 29.9 Å². The van der Waals surface area contributed by atoms with Crippen LogP contribution in [0.3, 0.4) is 0 Å². The minimum atomic E-state index is 0.475. The summed E-state index contributed by atoms with van der Waals surface area (Å²) in [6.45, 7) is 1.13. The predicted octanol–water partition coefficient (Wildman–Crippen LogP) is 1.74. The summed E-state index contributed by atoms with van der Waals surface area (Å²) in [5, 5.41) is 7.83. The van der Waals surface area contributed by atoms with Gasteiger partial charge in [-0.2, -0.15) is 5.10 Å². The SMILES string of the molecule is CNCC1(Cc2ccn(C)n2)CCCC1. The van der Waals surface area contributed by atoms with Crippen LogP contribution in [0.15, 0.2) is 12.3 Å². The largest absolute Gasteiger partial charge is 0.319 e. The Hall–Kier alpha value is -0.830. The number of aryl methyl sites for hydroxylation is 1. The maximum atomic E-state index is 4.49. The number of hydrogen-bond donors (Lipinski definition) is 1. The summed E-state index contributed by atoms with van der Waals surface area (Å²) in [6, 6.07) is 2.15. The van der Waals surface area contributed by atoms with Gasteiger partial charge in [-0.1, -0.05) is 12.8 Å². The van der Waals surface area contributed by atoms with E-state index in [0.29, 0.717) is 5.41 Å². The molecule has 0 saturated heterocycles. The van der Waals surface area contributed by atoms with Crippen LogP contribution in [0.1, 0.15) is 31.4 Å². The third-order valence-corrected chi connectivity index (χ3v) is 3.54. The Balaban J connectivity index is 2.06. The van der Waals surface area contributed by atoms with Crippen molar-refractivity contribution < 1.29 is 0 Å². The van der Waals surface area contributed by atoms with Gasteiger partial charge in [-0.25, -0.2) is 0 Å². The van der Waals surface area contributed by atoms with Gasteiger partial charge in [0.15, 0.2) is 0 Å². The summed E-state index contributed by atoms with van der Waals surface area (Å²) < 4.78 is 1.90. The molecule has 0 bridgehead atoms. The standard InChI is InChI=1S/C12H21N3/c1-13-10-12(6-3-4-7-12)9-11-5-8-15(2)14-11/h5,8,13H,3-4,6-7,9-10H2,1-2H3. The molecule has 15 heavy (non-hydrogen) atoms. The van der Waals surface area contributed by atoms with E-state index < -0.39 is 0 Å². The number of nitrogens with zero attached hydrogens (tertiary/aromatic N) is 2. The predicted molar refractivity (Wildman–Crippen MR) is 61.7 cm³/mol. The number of aromatic nitrogens is 2. The lowest BCUT2D eigenvalue weighted by Crippen LogP contribution is -2.32. The molecule has 0 unspecified atom stereocenters. The van der Waals surface area contributed by atoms with Gasteiger partial charge in [-0.05, 0) is 37.8 Å². The highest BCUT2D eigenvalue weighted by Gasteiger charge is 2.33. The number of rotatable bonds is 4. The molecule has 1 saturated carbocycles.